The largest absolute Gasteiger partial charge is 0.497 e. The number of fused-ring (bicyclic) bond motifs is 1. The summed E-state index contributed by atoms with van der Waals surface area (Å²) in [4.78, 5) is 18.9. The number of benzene rings is 1. The highest BCUT2D eigenvalue weighted by molar-refractivity contribution is 8.15. The van der Waals surface area contributed by atoms with Gasteiger partial charge in [0.15, 0.2) is 15.0 Å². The smallest absolute Gasteiger partial charge is 0.251 e. The van der Waals surface area contributed by atoms with E-state index in [1.165, 1.54) is 11.8 Å². The molecule has 1 aromatic carbocycles. The molecule has 2 atom stereocenters. The van der Waals surface area contributed by atoms with Gasteiger partial charge in [0.05, 0.1) is 24.7 Å². The third-order valence-electron chi connectivity index (χ3n) is 5.23. The molecule has 3 rings (SSSR count). The first kappa shape index (κ1) is 20.2. The van der Waals surface area contributed by atoms with Crippen LogP contribution in [-0.2, 0) is 21.2 Å². The maximum Gasteiger partial charge on any atom is 0.251 e. The van der Waals surface area contributed by atoms with Crippen molar-refractivity contribution in [2.24, 2.45) is 10.9 Å². The summed E-state index contributed by atoms with van der Waals surface area (Å²) in [6.45, 7) is 4.51. The van der Waals surface area contributed by atoms with Gasteiger partial charge in [-0.05, 0) is 30.5 Å². The third-order valence-corrected chi connectivity index (χ3v) is 8.48. The molecule has 0 spiro atoms. The Bertz CT molecular complexity index is 817. The third kappa shape index (κ3) is 4.48. The van der Waals surface area contributed by atoms with E-state index in [0.29, 0.717) is 11.7 Å². The molecule has 2 aliphatic heterocycles. The minimum Gasteiger partial charge on any atom is -0.497 e. The average molecular weight is 411 g/mol. The van der Waals surface area contributed by atoms with E-state index in [4.69, 9.17) is 4.74 Å². The van der Waals surface area contributed by atoms with Crippen molar-refractivity contribution in [2.75, 3.05) is 18.6 Å². The van der Waals surface area contributed by atoms with E-state index in [9.17, 15) is 13.2 Å². The first-order valence-electron chi connectivity index (χ1n) is 9.26. The van der Waals surface area contributed by atoms with Gasteiger partial charge >= 0.3 is 0 Å². The maximum absolute atomic E-state index is 12.5. The van der Waals surface area contributed by atoms with Crippen LogP contribution in [0.15, 0.2) is 29.3 Å². The van der Waals surface area contributed by atoms with Gasteiger partial charge in [-0.15, -0.1) is 0 Å². The van der Waals surface area contributed by atoms with Crippen molar-refractivity contribution in [3.63, 3.8) is 0 Å². The second-order valence-corrected chi connectivity index (χ2v) is 10.4. The van der Waals surface area contributed by atoms with Gasteiger partial charge in [-0.1, -0.05) is 37.7 Å². The SMILES string of the molecule is CCC(CC)C(=O)N=C1S[C@H]2CS(=O)(=O)C[C@H]2N1Cc1ccc(OC)cc1. The van der Waals surface area contributed by atoms with Crippen LogP contribution < -0.4 is 4.74 Å². The van der Waals surface area contributed by atoms with Gasteiger partial charge in [0, 0.05) is 17.7 Å². The number of thioether (sulfide) groups is 1. The molecule has 148 valence electrons. The number of ether oxygens (including phenoxy) is 1. The van der Waals surface area contributed by atoms with E-state index in [1.807, 2.05) is 43.0 Å². The molecular formula is C19H26N2O4S2. The number of aliphatic imine (C=N–C) groups is 1. The summed E-state index contributed by atoms with van der Waals surface area (Å²) in [5, 5.41) is 0.606. The standard InChI is InChI=1S/C19H26N2O4S2/c1-4-14(5-2)18(22)20-19-21(10-13-6-8-15(25-3)9-7-13)16-11-27(23,24)12-17(16)26-19/h6-9,14,16-17H,4-5,10-12H2,1-3H3/t16-,17+/m1/s1. The number of hydrogen-bond acceptors (Lipinski definition) is 5. The summed E-state index contributed by atoms with van der Waals surface area (Å²) in [7, 11) is -1.42. The van der Waals surface area contributed by atoms with Crippen molar-refractivity contribution in [3.8, 4) is 5.75 Å². The molecule has 27 heavy (non-hydrogen) atoms. The summed E-state index contributed by atoms with van der Waals surface area (Å²) in [5.41, 5.74) is 1.03. The minimum absolute atomic E-state index is 0.0542. The molecule has 0 saturated carbocycles. The second kappa shape index (κ2) is 8.22. The quantitative estimate of drug-likeness (QED) is 0.718. The molecule has 0 aliphatic carbocycles. The lowest BCUT2D eigenvalue weighted by molar-refractivity contribution is -0.121. The summed E-state index contributed by atoms with van der Waals surface area (Å²) >= 11 is 1.44. The fourth-order valence-electron chi connectivity index (χ4n) is 3.57. The number of amides is 1. The van der Waals surface area contributed by atoms with Crippen LogP contribution in [-0.4, -0.2) is 54.3 Å². The van der Waals surface area contributed by atoms with Crippen molar-refractivity contribution in [2.45, 2.75) is 44.5 Å². The lowest BCUT2D eigenvalue weighted by Crippen LogP contribution is -2.37. The normalized spacial score (nSPS) is 25.2. The Kier molecular flexibility index (Phi) is 6.15. The van der Waals surface area contributed by atoms with E-state index >= 15 is 0 Å². The summed E-state index contributed by atoms with van der Waals surface area (Å²) in [5.74, 6) is 0.863. The lowest BCUT2D eigenvalue weighted by atomic mass is 10.0. The number of nitrogens with zero attached hydrogens (tertiary/aromatic N) is 2. The topological polar surface area (TPSA) is 76.0 Å². The van der Waals surface area contributed by atoms with Crippen LogP contribution in [0.3, 0.4) is 0 Å². The molecule has 6 nitrogen and oxygen atoms in total. The lowest BCUT2D eigenvalue weighted by Gasteiger charge is -2.24. The van der Waals surface area contributed by atoms with Crippen LogP contribution in [0.1, 0.15) is 32.3 Å². The van der Waals surface area contributed by atoms with Crippen molar-refractivity contribution in [3.05, 3.63) is 29.8 Å². The van der Waals surface area contributed by atoms with Crippen molar-refractivity contribution >= 4 is 32.7 Å². The van der Waals surface area contributed by atoms with Gasteiger partial charge in [-0.25, -0.2) is 8.42 Å². The van der Waals surface area contributed by atoms with Gasteiger partial charge < -0.3 is 9.64 Å². The van der Waals surface area contributed by atoms with E-state index < -0.39 is 9.84 Å². The van der Waals surface area contributed by atoms with Crippen molar-refractivity contribution < 1.29 is 17.9 Å². The Hall–Kier alpha value is -1.54. The number of carbonyl (C=O) groups excluding carboxylic acids is 1. The Morgan fingerprint density at radius 3 is 2.52 bits per heavy atom. The summed E-state index contributed by atoms with van der Waals surface area (Å²) in [6.07, 6.45) is 1.52. The predicted molar refractivity (Wildman–Crippen MR) is 109 cm³/mol. The Morgan fingerprint density at radius 2 is 1.93 bits per heavy atom. The molecule has 1 aromatic rings. The first-order valence-corrected chi connectivity index (χ1v) is 12.0. The first-order chi connectivity index (χ1) is 12.9. The number of sulfone groups is 1. The van der Waals surface area contributed by atoms with Gasteiger partial charge in [0.1, 0.15) is 5.75 Å². The molecule has 0 aromatic heterocycles. The van der Waals surface area contributed by atoms with Crippen LogP contribution in [0.25, 0.3) is 0 Å². The number of methoxy groups -OCH3 is 1. The highest BCUT2D eigenvalue weighted by atomic mass is 32.2. The number of carbonyl (C=O) groups is 1. The average Bonchev–Trinajstić information content (AvgIpc) is 3.09. The summed E-state index contributed by atoms with van der Waals surface area (Å²) < 4.78 is 29.4. The number of rotatable bonds is 6. The highest BCUT2D eigenvalue weighted by Crippen LogP contribution is 2.39. The fraction of sp³-hybridized carbons (Fsp3) is 0.579. The molecule has 8 heteroatoms. The second-order valence-electron chi connectivity index (χ2n) is 7.02. The zero-order chi connectivity index (χ0) is 19.6. The molecule has 2 aliphatic rings. The molecule has 1 amide bonds. The number of hydrogen-bond donors (Lipinski definition) is 0. The van der Waals surface area contributed by atoms with Gasteiger partial charge in [-0.3, -0.25) is 4.79 Å². The number of amidine groups is 1. The molecule has 2 fully saturated rings. The Labute approximate surface area is 165 Å². The van der Waals surface area contributed by atoms with Crippen molar-refractivity contribution in [1.29, 1.82) is 0 Å². The van der Waals surface area contributed by atoms with Crippen LogP contribution >= 0.6 is 11.8 Å². The molecule has 0 unspecified atom stereocenters. The van der Waals surface area contributed by atoms with E-state index in [2.05, 4.69) is 4.99 Å². The Morgan fingerprint density at radius 1 is 1.26 bits per heavy atom. The van der Waals surface area contributed by atoms with E-state index in [1.54, 1.807) is 7.11 Å². The van der Waals surface area contributed by atoms with E-state index in [-0.39, 0.29) is 34.6 Å². The predicted octanol–water partition coefficient (Wildman–Crippen LogP) is 2.73. The summed E-state index contributed by atoms with van der Waals surface area (Å²) in [6, 6.07) is 7.55. The van der Waals surface area contributed by atoms with Crippen LogP contribution in [0.5, 0.6) is 5.75 Å². The molecule has 0 N–H and O–H groups in total. The molecule has 0 bridgehead atoms. The highest BCUT2D eigenvalue weighted by Gasteiger charge is 2.48. The molecular weight excluding hydrogens is 384 g/mol. The zero-order valence-electron chi connectivity index (χ0n) is 15.9. The minimum atomic E-state index is -3.04. The van der Waals surface area contributed by atoms with Crippen LogP contribution in [0, 0.1) is 5.92 Å². The van der Waals surface area contributed by atoms with Crippen LogP contribution in [0.4, 0.5) is 0 Å². The zero-order valence-corrected chi connectivity index (χ0v) is 17.6. The monoisotopic (exact) mass is 410 g/mol. The maximum atomic E-state index is 12.5. The van der Waals surface area contributed by atoms with Crippen LogP contribution in [0.2, 0.25) is 0 Å². The van der Waals surface area contributed by atoms with Gasteiger partial charge in [0.2, 0.25) is 0 Å². The molecule has 0 radical (unpaired) electrons. The molecule has 2 heterocycles. The van der Waals surface area contributed by atoms with E-state index in [0.717, 1.165) is 24.2 Å². The van der Waals surface area contributed by atoms with Gasteiger partial charge in [0.25, 0.3) is 5.91 Å². The fourth-order valence-corrected chi connectivity index (χ4v) is 7.53. The molecule has 2 saturated heterocycles. The van der Waals surface area contributed by atoms with Gasteiger partial charge in [-0.2, -0.15) is 4.99 Å². The Balaban J connectivity index is 1.86. The van der Waals surface area contributed by atoms with Crippen molar-refractivity contribution in [1.82, 2.24) is 4.90 Å².